The van der Waals surface area contributed by atoms with Crippen molar-refractivity contribution in [2.75, 3.05) is 11.9 Å². The molecular weight excluding hydrogens is 240 g/mol. The van der Waals surface area contributed by atoms with Crippen LogP contribution in [0.5, 0.6) is 0 Å². The second kappa shape index (κ2) is 6.54. The number of aromatic nitrogens is 1. The van der Waals surface area contributed by atoms with E-state index in [0.717, 1.165) is 5.69 Å². The molecular formula is C15H16N2O2. The van der Waals surface area contributed by atoms with E-state index in [2.05, 4.69) is 10.3 Å². The summed E-state index contributed by atoms with van der Waals surface area (Å²) in [6.07, 6.45) is 3.23. The van der Waals surface area contributed by atoms with Gasteiger partial charge in [-0.15, -0.1) is 0 Å². The highest BCUT2D eigenvalue weighted by molar-refractivity contribution is 5.89. The lowest BCUT2D eigenvalue weighted by molar-refractivity contribution is 0.0366. The van der Waals surface area contributed by atoms with Crippen LogP contribution in [0.15, 0.2) is 54.9 Å². The molecule has 0 aliphatic heterocycles. The predicted octanol–water partition coefficient (Wildman–Crippen LogP) is 2.74. The Labute approximate surface area is 112 Å². The van der Waals surface area contributed by atoms with E-state index in [4.69, 9.17) is 4.74 Å². The highest BCUT2D eigenvalue weighted by Gasteiger charge is 2.11. The normalized spacial score (nSPS) is 11.6. The van der Waals surface area contributed by atoms with E-state index >= 15 is 0 Å². The van der Waals surface area contributed by atoms with E-state index in [0.29, 0.717) is 12.1 Å². The number of esters is 1. The third-order valence-electron chi connectivity index (χ3n) is 2.57. The number of nitrogens with one attached hydrogen (secondary N) is 1. The maximum Gasteiger partial charge on any atom is 0.338 e. The van der Waals surface area contributed by atoms with Crippen molar-refractivity contribution in [2.45, 2.75) is 13.0 Å². The molecule has 0 spiro atoms. The van der Waals surface area contributed by atoms with Crippen molar-refractivity contribution in [1.82, 2.24) is 4.98 Å². The van der Waals surface area contributed by atoms with E-state index in [9.17, 15) is 4.79 Å². The number of pyridine rings is 1. The molecule has 1 heterocycles. The summed E-state index contributed by atoms with van der Waals surface area (Å²) in [7, 11) is 0. The maximum atomic E-state index is 11.8. The highest BCUT2D eigenvalue weighted by atomic mass is 16.5. The molecule has 0 aliphatic carbocycles. The average Bonchev–Trinajstić information content (AvgIpc) is 2.47. The van der Waals surface area contributed by atoms with Crippen LogP contribution in [-0.2, 0) is 4.74 Å². The molecule has 4 nitrogen and oxygen atoms in total. The van der Waals surface area contributed by atoms with Gasteiger partial charge in [0.25, 0.3) is 0 Å². The molecule has 0 saturated carbocycles. The first-order valence-corrected chi connectivity index (χ1v) is 6.15. The van der Waals surface area contributed by atoms with E-state index in [-0.39, 0.29) is 12.1 Å². The van der Waals surface area contributed by atoms with Crippen LogP contribution in [0, 0.1) is 0 Å². The minimum absolute atomic E-state index is 0.215. The first-order valence-electron chi connectivity index (χ1n) is 6.15. The Kier molecular flexibility index (Phi) is 4.50. The molecule has 2 rings (SSSR count). The largest absolute Gasteiger partial charge is 0.457 e. The number of carbonyl (C=O) groups is 1. The van der Waals surface area contributed by atoms with Gasteiger partial charge in [-0.3, -0.25) is 4.98 Å². The predicted molar refractivity (Wildman–Crippen MR) is 74.0 cm³/mol. The lowest BCUT2D eigenvalue weighted by Crippen LogP contribution is -2.23. The van der Waals surface area contributed by atoms with Crippen LogP contribution in [-0.4, -0.2) is 23.6 Å². The number of nitrogens with zero attached hydrogens (tertiary/aromatic N) is 1. The molecule has 1 unspecified atom stereocenters. The fourth-order valence-corrected chi connectivity index (χ4v) is 1.60. The Morgan fingerprint density at radius 1 is 1.26 bits per heavy atom. The smallest absolute Gasteiger partial charge is 0.338 e. The summed E-state index contributed by atoms with van der Waals surface area (Å²) < 4.78 is 5.34. The second-order valence-electron chi connectivity index (χ2n) is 4.20. The molecule has 4 heteroatoms. The number of anilines is 1. The fourth-order valence-electron chi connectivity index (χ4n) is 1.60. The van der Waals surface area contributed by atoms with Gasteiger partial charge in [0.05, 0.1) is 17.8 Å². The van der Waals surface area contributed by atoms with Crippen molar-refractivity contribution < 1.29 is 9.53 Å². The Balaban J connectivity index is 1.81. The Morgan fingerprint density at radius 3 is 2.74 bits per heavy atom. The van der Waals surface area contributed by atoms with Gasteiger partial charge in [0.1, 0.15) is 6.10 Å². The highest BCUT2D eigenvalue weighted by Crippen LogP contribution is 2.06. The molecule has 0 bridgehead atoms. The summed E-state index contributed by atoms with van der Waals surface area (Å²) >= 11 is 0. The van der Waals surface area contributed by atoms with Gasteiger partial charge in [-0.25, -0.2) is 4.79 Å². The zero-order valence-electron chi connectivity index (χ0n) is 10.7. The number of carbonyl (C=O) groups excluding carboxylic acids is 1. The monoisotopic (exact) mass is 256 g/mol. The van der Waals surface area contributed by atoms with E-state index < -0.39 is 0 Å². The topological polar surface area (TPSA) is 51.2 Å². The van der Waals surface area contributed by atoms with Gasteiger partial charge in [0, 0.05) is 12.4 Å². The molecule has 0 amide bonds. The van der Waals surface area contributed by atoms with Crippen molar-refractivity contribution in [3.05, 3.63) is 60.4 Å². The summed E-state index contributed by atoms with van der Waals surface area (Å²) in [5, 5.41) is 3.16. The third-order valence-corrected chi connectivity index (χ3v) is 2.57. The first-order chi connectivity index (χ1) is 9.25. The van der Waals surface area contributed by atoms with Crippen LogP contribution < -0.4 is 5.32 Å². The van der Waals surface area contributed by atoms with Crippen molar-refractivity contribution >= 4 is 11.7 Å². The molecule has 1 aromatic carbocycles. The number of hydrogen-bond acceptors (Lipinski definition) is 4. The van der Waals surface area contributed by atoms with Crippen molar-refractivity contribution in [3.63, 3.8) is 0 Å². The molecule has 0 saturated heterocycles. The molecule has 19 heavy (non-hydrogen) atoms. The Morgan fingerprint density at radius 2 is 2.05 bits per heavy atom. The van der Waals surface area contributed by atoms with Crippen LogP contribution in [0.1, 0.15) is 17.3 Å². The zero-order valence-corrected chi connectivity index (χ0v) is 10.7. The minimum Gasteiger partial charge on any atom is -0.457 e. The summed E-state index contributed by atoms with van der Waals surface area (Å²) in [5.41, 5.74) is 1.47. The lowest BCUT2D eigenvalue weighted by atomic mass is 10.2. The lowest BCUT2D eigenvalue weighted by Gasteiger charge is -2.14. The number of benzene rings is 1. The van der Waals surface area contributed by atoms with Crippen LogP contribution in [0.4, 0.5) is 5.69 Å². The molecule has 1 atom stereocenters. The van der Waals surface area contributed by atoms with Gasteiger partial charge in [0.2, 0.25) is 0 Å². The fraction of sp³-hybridized carbons (Fsp3) is 0.200. The molecule has 0 aliphatic rings. The molecule has 2 aromatic rings. The SMILES string of the molecule is CC(CNc1cccnc1)OC(=O)c1ccccc1. The van der Waals surface area contributed by atoms with Crippen molar-refractivity contribution in [2.24, 2.45) is 0 Å². The van der Waals surface area contributed by atoms with Gasteiger partial charge in [-0.1, -0.05) is 18.2 Å². The van der Waals surface area contributed by atoms with E-state index in [1.807, 2.05) is 37.3 Å². The number of hydrogen-bond donors (Lipinski definition) is 1. The Hall–Kier alpha value is -2.36. The summed E-state index contributed by atoms with van der Waals surface area (Å²) in [5.74, 6) is -0.305. The summed E-state index contributed by atoms with van der Waals surface area (Å²) in [6, 6.07) is 12.7. The molecule has 1 aromatic heterocycles. The van der Waals surface area contributed by atoms with Crippen LogP contribution in [0.3, 0.4) is 0 Å². The minimum atomic E-state index is -0.305. The first kappa shape index (κ1) is 13.1. The standard InChI is InChI=1S/C15H16N2O2/c1-12(10-17-14-8-5-9-16-11-14)19-15(18)13-6-3-2-4-7-13/h2-9,11-12,17H,10H2,1H3. The summed E-state index contributed by atoms with van der Waals surface area (Å²) in [4.78, 5) is 15.8. The molecule has 1 N–H and O–H groups in total. The van der Waals surface area contributed by atoms with Crippen LogP contribution >= 0.6 is 0 Å². The van der Waals surface area contributed by atoms with Crippen LogP contribution in [0.25, 0.3) is 0 Å². The van der Waals surface area contributed by atoms with Gasteiger partial charge in [-0.2, -0.15) is 0 Å². The van der Waals surface area contributed by atoms with Crippen molar-refractivity contribution in [1.29, 1.82) is 0 Å². The van der Waals surface area contributed by atoms with Gasteiger partial charge in [0.15, 0.2) is 0 Å². The molecule has 0 fully saturated rings. The Bertz CT molecular complexity index is 514. The van der Waals surface area contributed by atoms with Gasteiger partial charge < -0.3 is 10.1 Å². The molecule has 0 radical (unpaired) electrons. The van der Waals surface area contributed by atoms with E-state index in [1.165, 1.54) is 0 Å². The third kappa shape index (κ3) is 4.10. The van der Waals surface area contributed by atoms with E-state index in [1.54, 1.807) is 24.5 Å². The van der Waals surface area contributed by atoms with Crippen molar-refractivity contribution in [3.8, 4) is 0 Å². The van der Waals surface area contributed by atoms with Crippen LogP contribution in [0.2, 0.25) is 0 Å². The second-order valence-corrected chi connectivity index (χ2v) is 4.20. The quantitative estimate of drug-likeness (QED) is 0.836. The molecule has 98 valence electrons. The maximum absolute atomic E-state index is 11.8. The summed E-state index contributed by atoms with van der Waals surface area (Å²) in [6.45, 7) is 2.40. The van der Waals surface area contributed by atoms with Gasteiger partial charge in [-0.05, 0) is 31.2 Å². The number of rotatable bonds is 5. The average molecular weight is 256 g/mol. The zero-order chi connectivity index (χ0) is 13.5. The number of ether oxygens (including phenoxy) is 1. The van der Waals surface area contributed by atoms with Gasteiger partial charge >= 0.3 is 5.97 Å².